The average Bonchev–Trinajstić information content (AvgIpc) is 2.10. The maximum Gasteiger partial charge on any atom is 0.154 e. The van der Waals surface area contributed by atoms with E-state index in [1.807, 2.05) is 13.8 Å². The summed E-state index contributed by atoms with van der Waals surface area (Å²) in [6, 6.07) is 0. The first-order chi connectivity index (χ1) is 7.41. The monoisotopic (exact) mass is 330 g/mol. The van der Waals surface area contributed by atoms with E-state index in [0.29, 0.717) is 13.1 Å². The largest absolute Gasteiger partial charge is 0.387 e. The van der Waals surface area contributed by atoms with Gasteiger partial charge in [-0.15, -0.1) is 0 Å². The van der Waals surface area contributed by atoms with Gasteiger partial charge in [-0.05, 0) is 39.8 Å². The van der Waals surface area contributed by atoms with Crippen molar-refractivity contribution >= 4 is 11.6 Å². The number of allylic oxidation sites excluding steroid dienone is 4. The van der Waals surface area contributed by atoms with E-state index in [4.69, 9.17) is 0 Å². The second-order valence-corrected chi connectivity index (χ2v) is 3.73. The fourth-order valence-electron chi connectivity index (χ4n) is 1.23. The maximum atomic E-state index is 10.7. The fraction of sp³-hybridized carbons (Fsp3) is 0.500. The fourth-order valence-corrected chi connectivity index (χ4v) is 1.23. The number of hydrogen-bond acceptors (Lipinski definition) is 4. The van der Waals surface area contributed by atoms with Crippen molar-refractivity contribution in [3.8, 4) is 0 Å². The maximum absolute atomic E-state index is 10.7. The Bertz CT molecular complexity index is 290. The molecule has 0 heterocycles. The second-order valence-electron chi connectivity index (χ2n) is 3.73. The molecule has 0 aliphatic rings. The minimum absolute atomic E-state index is 0. The smallest absolute Gasteiger partial charge is 0.154 e. The van der Waals surface area contributed by atoms with Gasteiger partial charge in [-0.1, -0.05) is 0 Å². The Morgan fingerprint density at radius 3 is 1.35 bits per heavy atom. The van der Waals surface area contributed by atoms with Crippen molar-refractivity contribution in [2.24, 2.45) is 0 Å². The Balaban J connectivity index is 0. The standard InChI is InChI=1S/C12H20N2O2.Pd/c1-9(7-11(3)15)13-5-6-14-10(2)8-12(4)16;/h7-8,13-14H,5-6H2,1-4H3;/b9-7-,10-8-;. The Labute approximate surface area is 117 Å². The van der Waals surface area contributed by atoms with Crippen LogP contribution in [0, 0.1) is 0 Å². The van der Waals surface area contributed by atoms with E-state index >= 15 is 0 Å². The first kappa shape index (κ1) is 18.4. The molecule has 4 nitrogen and oxygen atoms in total. The van der Waals surface area contributed by atoms with Crippen LogP contribution < -0.4 is 10.6 Å². The Hall–Kier alpha value is -0.918. The van der Waals surface area contributed by atoms with Crippen molar-refractivity contribution in [1.29, 1.82) is 0 Å². The third-order valence-electron chi connectivity index (χ3n) is 1.77. The van der Waals surface area contributed by atoms with Gasteiger partial charge < -0.3 is 10.6 Å². The van der Waals surface area contributed by atoms with Gasteiger partial charge in [-0.25, -0.2) is 0 Å². The summed E-state index contributed by atoms with van der Waals surface area (Å²) in [4.78, 5) is 21.5. The summed E-state index contributed by atoms with van der Waals surface area (Å²) in [5.41, 5.74) is 1.70. The summed E-state index contributed by atoms with van der Waals surface area (Å²) in [7, 11) is 0. The van der Waals surface area contributed by atoms with Gasteiger partial charge in [0.2, 0.25) is 0 Å². The molecule has 0 saturated heterocycles. The van der Waals surface area contributed by atoms with Crippen LogP contribution in [0.25, 0.3) is 0 Å². The summed E-state index contributed by atoms with van der Waals surface area (Å²) in [6.45, 7) is 8.14. The van der Waals surface area contributed by atoms with Crippen LogP contribution in [0.1, 0.15) is 27.7 Å². The predicted molar refractivity (Wildman–Crippen MR) is 64.9 cm³/mol. The molecule has 0 aliphatic heterocycles. The minimum atomic E-state index is 0. The molecule has 2 N–H and O–H groups in total. The predicted octanol–water partition coefficient (Wildman–Crippen LogP) is 1.15. The molecule has 17 heavy (non-hydrogen) atoms. The van der Waals surface area contributed by atoms with Crippen LogP contribution in [0.2, 0.25) is 0 Å². The Morgan fingerprint density at radius 2 is 1.12 bits per heavy atom. The number of rotatable bonds is 7. The molecule has 0 bridgehead atoms. The van der Waals surface area contributed by atoms with E-state index in [0.717, 1.165) is 11.4 Å². The van der Waals surface area contributed by atoms with Crippen LogP contribution in [0.4, 0.5) is 0 Å². The number of carbonyl (C=O) groups excluding carboxylic acids is 2. The van der Waals surface area contributed by atoms with Crippen molar-refractivity contribution in [1.82, 2.24) is 10.6 Å². The second kappa shape index (κ2) is 10.2. The molecule has 0 aromatic heterocycles. The van der Waals surface area contributed by atoms with Gasteiger partial charge in [0, 0.05) is 44.9 Å². The zero-order valence-corrected chi connectivity index (χ0v) is 12.3. The first-order valence-corrected chi connectivity index (χ1v) is 5.27. The van der Waals surface area contributed by atoms with Gasteiger partial charge in [-0.2, -0.15) is 0 Å². The van der Waals surface area contributed by atoms with Crippen LogP contribution >= 0.6 is 0 Å². The zero-order chi connectivity index (χ0) is 12.6. The molecule has 0 fully saturated rings. The van der Waals surface area contributed by atoms with Gasteiger partial charge in [0.1, 0.15) is 0 Å². The van der Waals surface area contributed by atoms with E-state index in [1.54, 1.807) is 12.2 Å². The van der Waals surface area contributed by atoms with E-state index in [-0.39, 0.29) is 32.0 Å². The van der Waals surface area contributed by atoms with Gasteiger partial charge in [0.25, 0.3) is 0 Å². The van der Waals surface area contributed by atoms with E-state index in [9.17, 15) is 9.59 Å². The van der Waals surface area contributed by atoms with Crippen LogP contribution in [-0.4, -0.2) is 24.7 Å². The first-order valence-electron chi connectivity index (χ1n) is 5.27. The molecule has 0 atom stereocenters. The SMILES string of the molecule is CC(=O)/C=C(/C)NCCN/C(C)=C\C(C)=O.[Pd]. The Morgan fingerprint density at radius 1 is 0.824 bits per heavy atom. The van der Waals surface area contributed by atoms with Gasteiger partial charge in [0.05, 0.1) is 0 Å². The average molecular weight is 331 g/mol. The number of nitrogens with one attached hydrogen (secondary N) is 2. The summed E-state index contributed by atoms with van der Waals surface area (Å²) < 4.78 is 0. The van der Waals surface area contributed by atoms with Crippen molar-refractivity contribution in [3.05, 3.63) is 23.5 Å². The molecule has 0 aliphatic carbocycles. The molecule has 100 valence electrons. The summed E-state index contributed by atoms with van der Waals surface area (Å²) in [5, 5.41) is 6.18. The molecule has 5 heteroatoms. The topological polar surface area (TPSA) is 58.2 Å². The zero-order valence-electron chi connectivity index (χ0n) is 10.7. The van der Waals surface area contributed by atoms with Crippen LogP contribution in [0.3, 0.4) is 0 Å². The molecule has 0 aromatic rings. The van der Waals surface area contributed by atoms with E-state index in [2.05, 4.69) is 10.6 Å². The molecule has 0 spiro atoms. The van der Waals surface area contributed by atoms with Crippen LogP contribution in [0.15, 0.2) is 23.5 Å². The molecular formula is C12H20N2O2Pd. The molecule has 0 unspecified atom stereocenters. The minimum Gasteiger partial charge on any atom is -0.387 e. The number of hydrogen-bond donors (Lipinski definition) is 2. The number of ketones is 2. The Kier molecular flexibility index (Phi) is 11.1. The van der Waals surface area contributed by atoms with Crippen molar-refractivity contribution in [2.75, 3.05) is 13.1 Å². The molecule has 0 aromatic carbocycles. The summed E-state index contributed by atoms with van der Waals surface area (Å²) in [6.07, 6.45) is 3.11. The number of carbonyl (C=O) groups is 2. The molecule has 0 amide bonds. The van der Waals surface area contributed by atoms with E-state index < -0.39 is 0 Å². The van der Waals surface area contributed by atoms with Crippen molar-refractivity contribution in [2.45, 2.75) is 27.7 Å². The normalized spacial score (nSPS) is 11.5. The third kappa shape index (κ3) is 13.0. The van der Waals surface area contributed by atoms with Gasteiger partial charge in [0.15, 0.2) is 11.6 Å². The van der Waals surface area contributed by atoms with Gasteiger partial charge >= 0.3 is 0 Å². The quantitative estimate of drug-likeness (QED) is 0.418. The van der Waals surface area contributed by atoms with Crippen molar-refractivity contribution in [3.63, 3.8) is 0 Å². The summed E-state index contributed by atoms with van der Waals surface area (Å²) in [5.74, 6) is 0.0660. The van der Waals surface area contributed by atoms with Crippen molar-refractivity contribution < 1.29 is 30.0 Å². The third-order valence-corrected chi connectivity index (χ3v) is 1.77. The molecular weight excluding hydrogens is 311 g/mol. The molecule has 0 rings (SSSR count). The van der Waals surface area contributed by atoms with Crippen LogP contribution in [0.5, 0.6) is 0 Å². The van der Waals surface area contributed by atoms with Gasteiger partial charge in [-0.3, -0.25) is 9.59 Å². The van der Waals surface area contributed by atoms with Crippen LogP contribution in [-0.2, 0) is 30.0 Å². The summed E-state index contributed by atoms with van der Waals surface area (Å²) >= 11 is 0. The molecule has 0 saturated carbocycles. The molecule has 0 radical (unpaired) electrons. The van der Waals surface area contributed by atoms with E-state index in [1.165, 1.54) is 13.8 Å².